The largest absolute Gasteiger partial charge is 0.436 e. The minimum atomic E-state index is 0.588. The molecule has 4 heterocycles. The van der Waals surface area contributed by atoms with Crippen LogP contribution in [0.2, 0.25) is 0 Å². The number of hydrogen-bond acceptors (Lipinski definition) is 3. The number of aromatic nitrogens is 4. The highest BCUT2D eigenvalue weighted by molar-refractivity contribution is 6.03. The molecule has 0 amide bonds. The molecule has 0 atom stereocenters. The molecule has 148 valence electrons. The molecule has 0 bridgehead atoms. The molecule has 0 aliphatic rings. The maximum atomic E-state index is 6.01. The van der Waals surface area contributed by atoms with Crippen LogP contribution < -0.4 is 0 Å². The molecule has 6 rings (SSSR count). The van der Waals surface area contributed by atoms with E-state index in [2.05, 4.69) is 35.8 Å². The summed E-state index contributed by atoms with van der Waals surface area (Å²) in [7, 11) is 0. The predicted molar refractivity (Wildman–Crippen MR) is 125 cm³/mol. The lowest BCUT2D eigenvalue weighted by molar-refractivity contribution is 0.656. The van der Waals surface area contributed by atoms with Crippen molar-refractivity contribution in [1.82, 2.24) is 18.9 Å². The van der Waals surface area contributed by atoms with Crippen LogP contribution in [-0.2, 0) is 0 Å². The summed E-state index contributed by atoms with van der Waals surface area (Å²) in [5.74, 6) is 1.47. The van der Waals surface area contributed by atoms with E-state index < -0.39 is 0 Å². The Morgan fingerprint density at radius 1 is 0.806 bits per heavy atom. The van der Waals surface area contributed by atoms with E-state index in [1.54, 1.807) is 0 Å². The Labute approximate surface area is 178 Å². The average molecular weight is 402 g/mol. The maximum Gasteiger partial charge on any atom is 0.248 e. The molecule has 0 fully saturated rings. The Morgan fingerprint density at radius 2 is 1.58 bits per heavy atom. The second-order valence-electron chi connectivity index (χ2n) is 7.28. The van der Waals surface area contributed by atoms with E-state index >= 15 is 0 Å². The normalized spacial score (nSPS) is 11.5. The summed E-state index contributed by atoms with van der Waals surface area (Å²) in [4.78, 5) is 9.56. The quantitative estimate of drug-likeness (QED) is 0.344. The molecular weight excluding hydrogens is 384 g/mol. The lowest BCUT2D eigenvalue weighted by Crippen LogP contribution is -2.00. The Balaban J connectivity index is 1.63. The minimum Gasteiger partial charge on any atom is -0.436 e. The van der Waals surface area contributed by atoms with Gasteiger partial charge in [-0.25, -0.2) is 4.98 Å². The van der Waals surface area contributed by atoms with Crippen molar-refractivity contribution < 1.29 is 4.42 Å². The van der Waals surface area contributed by atoms with E-state index in [4.69, 9.17) is 14.4 Å². The van der Waals surface area contributed by atoms with Crippen molar-refractivity contribution in [3.05, 3.63) is 97.5 Å². The van der Waals surface area contributed by atoms with Crippen LogP contribution in [0.3, 0.4) is 0 Å². The first-order chi connectivity index (χ1) is 15.3. The van der Waals surface area contributed by atoms with Gasteiger partial charge >= 0.3 is 0 Å². The summed E-state index contributed by atoms with van der Waals surface area (Å²) < 4.78 is 10.1. The van der Waals surface area contributed by atoms with Crippen molar-refractivity contribution in [3.63, 3.8) is 0 Å². The highest BCUT2D eigenvalue weighted by Gasteiger charge is 2.23. The van der Waals surface area contributed by atoms with Crippen molar-refractivity contribution in [2.45, 2.75) is 0 Å². The smallest absolute Gasteiger partial charge is 0.248 e. The molecule has 0 unspecified atom stereocenters. The topological polar surface area (TPSA) is 48.3 Å². The van der Waals surface area contributed by atoms with Crippen molar-refractivity contribution in [1.29, 1.82) is 0 Å². The van der Waals surface area contributed by atoms with E-state index in [9.17, 15) is 0 Å². The molecule has 4 aromatic heterocycles. The fourth-order valence-electron chi connectivity index (χ4n) is 4.20. The van der Waals surface area contributed by atoms with Crippen molar-refractivity contribution in [2.75, 3.05) is 0 Å². The van der Waals surface area contributed by atoms with Crippen molar-refractivity contribution >= 4 is 40.1 Å². The molecule has 0 aliphatic carbocycles. The number of para-hydroxylation sites is 1. The van der Waals surface area contributed by atoms with E-state index in [1.807, 2.05) is 71.4 Å². The number of fused-ring (bicyclic) bond motifs is 5. The Hall–Kier alpha value is -4.38. The zero-order valence-electron chi connectivity index (χ0n) is 16.7. The van der Waals surface area contributed by atoms with E-state index in [-0.39, 0.29) is 0 Å². The van der Waals surface area contributed by atoms with Crippen molar-refractivity contribution in [3.8, 4) is 16.9 Å². The molecule has 31 heavy (non-hydrogen) atoms. The molecule has 5 heteroatoms. The van der Waals surface area contributed by atoms with Crippen LogP contribution in [0.4, 0.5) is 0 Å². The first kappa shape index (κ1) is 17.5. The van der Waals surface area contributed by atoms with Gasteiger partial charge in [-0.3, -0.25) is 8.97 Å². The number of rotatable bonds is 4. The number of furan rings is 1. The summed E-state index contributed by atoms with van der Waals surface area (Å²) in [6.45, 7) is 8.08. The summed E-state index contributed by atoms with van der Waals surface area (Å²) in [6.07, 6.45) is 5.51. The molecule has 5 nitrogen and oxygen atoms in total. The van der Waals surface area contributed by atoms with Crippen LogP contribution in [0.1, 0.15) is 11.4 Å². The van der Waals surface area contributed by atoms with E-state index in [0.29, 0.717) is 11.5 Å². The van der Waals surface area contributed by atoms with Crippen LogP contribution in [0, 0.1) is 0 Å². The van der Waals surface area contributed by atoms with Crippen LogP contribution in [0.15, 0.2) is 90.5 Å². The van der Waals surface area contributed by atoms with Crippen LogP contribution in [-0.4, -0.2) is 18.9 Å². The number of pyridine rings is 1. The molecule has 0 radical (unpaired) electrons. The molecular formula is C26H18N4O. The molecule has 0 saturated carbocycles. The third-order valence-electron chi connectivity index (χ3n) is 5.59. The third kappa shape index (κ3) is 2.43. The minimum absolute atomic E-state index is 0.588. The Bertz CT molecular complexity index is 1600. The van der Waals surface area contributed by atoms with Gasteiger partial charge in [0.2, 0.25) is 11.5 Å². The highest BCUT2D eigenvalue weighted by Crippen LogP contribution is 2.34. The van der Waals surface area contributed by atoms with E-state index in [0.717, 1.165) is 44.8 Å². The fourth-order valence-corrected chi connectivity index (χ4v) is 4.20. The second-order valence-corrected chi connectivity index (χ2v) is 7.28. The first-order valence-electron chi connectivity index (χ1n) is 10.0. The molecule has 2 aromatic carbocycles. The Kier molecular flexibility index (Phi) is 3.70. The van der Waals surface area contributed by atoms with E-state index in [1.165, 1.54) is 0 Å². The lowest BCUT2D eigenvalue weighted by Gasteiger charge is -2.07. The molecule has 6 aromatic rings. The SMILES string of the molecule is C=Cc1c(C=C)n2c3c(nc2n1-c1ccc(-c2ccccc2)cn1)oc1ccccc13. The molecule has 0 N–H and O–H groups in total. The molecule has 0 aliphatic heterocycles. The van der Waals surface area contributed by atoms with Gasteiger partial charge in [0.05, 0.1) is 11.4 Å². The van der Waals surface area contributed by atoms with Gasteiger partial charge in [-0.2, -0.15) is 4.98 Å². The number of nitrogens with zero attached hydrogens (tertiary/aromatic N) is 4. The second kappa shape index (κ2) is 6.57. The van der Waals surface area contributed by atoms with Gasteiger partial charge in [0, 0.05) is 17.1 Å². The highest BCUT2D eigenvalue weighted by atomic mass is 16.3. The monoisotopic (exact) mass is 402 g/mol. The summed E-state index contributed by atoms with van der Waals surface area (Å²) in [5.41, 5.74) is 6.27. The summed E-state index contributed by atoms with van der Waals surface area (Å²) >= 11 is 0. The van der Waals surface area contributed by atoms with Gasteiger partial charge in [-0.15, -0.1) is 0 Å². The zero-order chi connectivity index (χ0) is 20.9. The van der Waals surface area contributed by atoms with Gasteiger partial charge in [-0.05, 0) is 42.0 Å². The third-order valence-corrected chi connectivity index (χ3v) is 5.59. The van der Waals surface area contributed by atoms with Crippen molar-refractivity contribution in [2.24, 2.45) is 0 Å². The standard InChI is InChI=1S/C26H18N4O/c1-3-20-21(4-2)30-24-19-12-8-9-13-22(19)31-25(24)28-26(30)29(20)23-15-14-18(16-27-23)17-10-6-5-7-11-17/h3-16H,1-2H2. The average Bonchev–Trinajstić information content (AvgIpc) is 3.45. The summed E-state index contributed by atoms with van der Waals surface area (Å²) in [5, 5.41) is 1.01. The Morgan fingerprint density at radius 3 is 2.32 bits per heavy atom. The number of imidazole rings is 2. The number of hydrogen-bond donors (Lipinski definition) is 0. The predicted octanol–water partition coefficient (Wildman–Crippen LogP) is 6.37. The summed E-state index contributed by atoms with van der Waals surface area (Å²) in [6, 6.07) is 22.2. The molecule has 0 saturated heterocycles. The zero-order valence-corrected chi connectivity index (χ0v) is 16.7. The van der Waals surface area contributed by atoms with Gasteiger partial charge in [0.25, 0.3) is 0 Å². The first-order valence-corrected chi connectivity index (χ1v) is 10.0. The van der Waals surface area contributed by atoms with Gasteiger partial charge in [-0.1, -0.05) is 55.6 Å². The maximum absolute atomic E-state index is 6.01. The van der Waals surface area contributed by atoms with Gasteiger partial charge in [0.1, 0.15) is 16.9 Å². The van der Waals surface area contributed by atoms with Gasteiger partial charge in [0.15, 0.2) is 0 Å². The lowest BCUT2D eigenvalue weighted by atomic mass is 10.1. The van der Waals surface area contributed by atoms with Gasteiger partial charge < -0.3 is 4.42 Å². The van der Waals surface area contributed by atoms with Crippen LogP contribution in [0.5, 0.6) is 0 Å². The fraction of sp³-hybridized carbons (Fsp3) is 0. The van der Waals surface area contributed by atoms with Crippen LogP contribution in [0.25, 0.3) is 57.1 Å². The number of benzene rings is 2. The van der Waals surface area contributed by atoms with Crippen LogP contribution >= 0.6 is 0 Å². The molecule has 0 spiro atoms.